The maximum Gasteiger partial charge on any atom is 0.226 e. The second-order valence-electron chi connectivity index (χ2n) is 6.29. The number of hydrogen-bond donors (Lipinski definition) is 1. The molecule has 2 aromatic heterocycles. The molecule has 0 bridgehead atoms. The lowest BCUT2D eigenvalue weighted by Crippen LogP contribution is -2.39. The van der Waals surface area contributed by atoms with Gasteiger partial charge in [0.05, 0.1) is 5.39 Å². The maximum absolute atomic E-state index is 4.81. The van der Waals surface area contributed by atoms with E-state index >= 15 is 0 Å². The lowest BCUT2D eigenvalue weighted by Gasteiger charge is -2.36. The zero-order chi connectivity index (χ0) is 14.8. The fourth-order valence-corrected chi connectivity index (χ4v) is 3.99. The molecule has 0 saturated carbocycles. The molecule has 4 nitrogen and oxygen atoms in total. The number of piperidine rings is 1. The van der Waals surface area contributed by atoms with Crippen LogP contribution >= 0.6 is 11.3 Å². The van der Waals surface area contributed by atoms with Crippen LogP contribution in [0.2, 0.25) is 0 Å². The van der Waals surface area contributed by atoms with E-state index in [4.69, 9.17) is 4.98 Å². The molecule has 3 rings (SSSR count). The molecule has 0 spiro atoms. The van der Waals surface area contributed by atoms with Crippen molar-refractivity contribution in [3.05, 3.63) is 11.4 Å². The van der Waals surface area contributed by atoms with Crippen molar-refractivity contribution in [1.29, 1.82) is 0 Å². The number of nitrogens with one attached hydrogen (secondary N) is 1. The third-order valence-corrected chi connectivity index (χ3v) is 4.81. The minimum atomic E-state index is 0.726. The number of hydrogen-bond acceptors (Lipinski definition) is 5. The summed E-state index contributed by atoms with van der Waals surface area (Å²) in [5.74, 6) is 3.33. The molecule has 0 radical (unpaired) electrons. The van der Waals surface area contributed by atoms with Crippen LogP contribution in [-0.4, -0.2) is 29.6 Å². The van der Waals surface area contributed by atoms with Gasteiger partial charge in [0.2, 0.25) is 5.95 Å². The minimum absolute atomic E-state index is 0.726. The number of fused-ring (bicyclic) bond motifs is 1. The van der Waals surface area contributed by atoms with Gasteiger partial charge in [0.1, 0.15) is 10.6 Å². The fraction of sp³-hybridized carbons (Fsp3) is 0.625. The van der Waals surface area contributed by atoms with Crippen molar-refractivity contribution < 1.29 is 0 Å². The molecule has 1 saturated heterocycles. The summed E-state index contributed by atoms with van der Waals surface area (Å²) in [6, 6.07) is 2.16. The highest BCUT2D eigenvalue weighted by atomic mass is 32.1. The van der Waals surface area contributed by atoms with Crippen LogP contribution in [0, 0.1) is 11.8 Å². The molecule has 2 aromatic rings. The van der Waals surface area contributed by atoms with Crippen molar-refractivity contribution in [1.82, 2.24) is 9.97 Å². The maximum atomic E-state index is 4.81. The second-order valence-corrected chi connectivity index (χ2v) is 7.18. The van der Waals surface area contributed by atoms with E-state index in [0.717, 1.165) is 54.5 Å². The first-order chi connectivity index (χ1) is 10.2. The molecule has 1 aliphatic rings. The summed E-state index contributed by atoms with van der Waals surface area (Å²) >= 11 is 1.70. The lowest BCUT2D eigenvalue weighted by molar-refractivity contribution is 0.356. The highest BCUT2D eigenvalue weighted by Gasteiger charge is 2.25. The Labute approximate surface area is 130 Å². The molecular weight excluding hydrogens is 280 g/mol. The van der Waals surface area contributed by atoms with Crippen LogP contribution < -0.4 is 10.2 Å². The molecule has 21 heavy (non-hydrogen) atoms. The van der Waals surface area contributed by atoms with Gasteiger partial charge < -0.3 is 10.2 Å². The van der Waals surface area contributed by atoms with Crippen molar-refractivity contribution in [3.63, 3.8) is 0 Å². The van der Waals surface area contributed by atoms with E-state index < -0.39 is 0 Å². The Morgan fingerprint density at radius 3 is 2.76 bits per heavy atom. The van der Waals surface area contributed by atoms with Crippen LogP contribution in [0.25, 0.3) is 10.2 Å². The number of nitrogens with zero attached hydrogens (tertiary/aromatic N) is 3. The van der Waals surface area contributed by atoms with Gasteiger partial charge in [-0.15, -0.1) is 11.3 Å². The molecular formula is C16H24N4S. The summed E-state index contributed by atoms with van der Waals surface area (Å²) in [6.07, 6.45) is 2.40. The van der Waals surface area contributed by atoms with Crippen molar-refractivity contribution in [2.75, 3.05) is 29.9 Å². The largest absolute Gasteiger partial charge is 0.355 e. The standard InChI is InChI=1S/C16H24N4S/c1-4-6-17-16-18-14(13-5-7-21-15(13)19-16)20-9-11(2)8-12(3)10-20/h5,7,11-12H,4,6,8-10H2,1-3H3,(H,17,18,19). The first-order valence-electron chi connectivity index (χ1n) is 7.91. The number of thiophene rings is 1. The van der Waals surface area contributed by atoms with Crippen molar-refractivity contribution in [3.8, 4) is 0 Å². The van der Waals surface area contributed by atoms with Gasteiger partial charge in [0.25, 0.3) is 0 Å². The molecule has 1 fully saturated rings. The quantitative estimate of drug-likeness (QED) is 0.927. The van der Waals surface area contributed by atoms with Gasteiger partial charge in [-0.25, -0.2) is 4.98 Å². The summed E-state index contributed by atoms with van der Waals surface area (Å²) in [5, 5.41) is 6.65. The van der Waals surface area contributed by atoms with Crippen LogP contribution in [0.3, 0.4) is 0 Å². The van der Waals surface area contributed by atoms with Crippen LogP contribution in [0.5, 0.6) is 0 Å². The molecule has 2 atom stereocenters. The Bertz CT molecular complexity index is 599. The third kappa shape index (κ3) is 3.12. The fourth-order valence-electron chi connectivity index (χ4n) is 3.23. The van der Waals surface area contributed by atoms with Gasteiger partial charge in [-0.1, -0.05) is 20.8 Å². The molecule has 0 aliphatic carbocycles. The van der Waals surface area contributed by atoms with Gasteiger partial charge in [0.15, 0.2) is 0 Å². The predicted octanol–water partition coefficient (Wildman–Crippen LogP) is 4.00. The molecule has 2 unspecified atom stereocenters. The monoisotopic (exact) mass is 304 g/mol. The van der Waals surface area contributed by atoms with Gasteiger partial charge in [0, 0.05) is 19.6 Å². The molecule has 0 amide bonds. The van der Waals surface area contributed by atoms with E-state index in [1.54, 1.807) is 11.3 Å². The summed E-state index contributed by atoms with van der Waals surface area (Å²) in [7, 11) is 0. The smallest absolute Gasteiger partial charge is 0.226 e. The molecule has 1 N–H and O–H groups in total. The van der Waals surface area contributed by atoms with Gasteiger partial charge in [-0.05, 0) is 36.1 Å². The molecule has 3 heterocycles. The molecule has 114 valence electrons. The Morgan fingerprint density at radius 1 is 1.29 bits per heavy atom. The predicted molar refractivity (Wildman–Crippen MR) is 91.4 cm³/mol. The first-order valence-corrected chi connectivity index (χ1v) is 8.79. The van der Waals surface area contributed by atoms with E-state index in [0.29, 0.717) is 0 Å². The first kappa shape index (κ1) is 14.6. The Balaban J connectivity index is 1.97. The lowest BCUT2D eigenvalue weighted by atomic mass is 9.92. The van der Waals surface area contributed by atoms with E-state index in [1.165, 1.54) is 11.8 Å². The summed E-state index contributed by atoms with van der Waals surface area (Å²) in [5.41, 5.74) is 0. The van der Waals surface area contributed by atoms with Crippen LogP contribution in [0.1, 0.15) is 33.6 Å². The van der Waals surface area contributed by atoms with Crippen LogP contribution in [-0.2, 0) is 0 Å². The van der Waals surface area contributed by atoms with Gasteiger partial charge in [-0.3, -0.25) is 0 Å². The van der Waals surface area contributed by atoms with Gasteiger partial charge >= 0.3 is 0 Å². The zero-order valence-electron chi connectivity index (χ0n) is 13.1. The normalized spacial score (nSPS) is 22.7. The number of aromatic nitrogens is 2. The number of anilines is 2. The number of rotatable bonds is 4. The second kappa shape index (κ2) is 6.18. The van der Waals surface area contributed by atoms with Crippen molar-refractivity contribution in [2.24, 2.45) is 11.8 Å². The topological polar surface area (TPSA) is 41.1 Å². The highest BCUT2D eigenvalue weighted by Crippen LogP contribution is 2.32. The molecule has 1 aliphatic heterocycles. The molecule has 0 aromatic carbocycles. The average Bonchev–Trinajstić information content (AvgIpc) is 2.91. The van der Waals surface area contributed by atoms with E-state index in [-0.39, 0.29) is 0 Å². The van der Waals surface area contributed by atoms with Crippen LogP contribution in [0.15, 0.2) is 11.4 Å². The van der Waals surface area contributed by atoms with E-state index in [9.17, 15) is 0 Å². The summed E-state index contributed by atoms with van der Waals surface area (Å²) in [4.78, 5) is 13.0. The summed E-state index contributed by atoms with van der Waals surface area (Å²) in [6.45, 7) is 9.95. The molecule has 5 heteroatoms. The Morgan fingerprint density at radius 2 is 2.05 bits per heavy atom. The average molecular weight is 304 g/mol. The van der Waals surface area contributed by atoms with Crippen LogP contribution in [0.4, 0.5) is 11.8 Å². The zero-order valence-corrected chi connectivity index (χ0v) is 13.9. The van der Waals surface area contributed by atoms with E-state index in [2.05, 4.69) is 47.4 Å². The SMILES string of the molecule is CCCNc1nc(N2CC(C)CC(C)C2)c2ccsc2n1. The Hall–Kier alpha value is -1.36. The van der Waals surface area contributed by atoms with E-state index in [1.807, 2.05) is 0 Å². The summed E-state index contributed by atoms with van der Waals surface area (Å²) < 4.78 is 0. The third-order valence-electron chi connectivity index (χ3n) is 4.01. The highest BCUT2D eigenvalue weighted by molar-refractivity contribution is 7.16. The van der Waals surface area contributed by atoms with Crippen molar-refractivity contribution >= 4 is 33.3 Å². The van der Waals surface area contributed by atoms with Gasteiger partial charge in [-0.2, -0.15) is 4.98 Å². The Kier molecular flexibility index (Phi) is 4.29. The van der Waals surface area contributed by atoms with Crippen molar-refractivity contribution in [2.45, 2.75) is 33.6 Å². The minimum Gasteiger partial charge on any atom is -0.355 e.